The van der Waals surface area contributed by atoms with Gasteiger partial charge in [0, 0.05) is 48.9 Å². The summed E-state index contributed by atoms with van der Waals surface area (Å²) in [5.41, 5.74) is 1.05. The van der Waals surface area contributed by atoms with Crippen LogP contribution in [0.25, 0.3) is 0 Å². The van der Waals surface area contributed by atoms with E-state index in [0.29, 0.717) is 11.1 Å². The first-order valence-electron chi connectivity index (χ1n) is 19.4. The first kappa shape index (κ1) is 47.8. The van der Waals surface area contributed by atoms with Crippen LogP contribution in [-0.2, 0) is 50.3 Å². The number of urea groups is 1. The van der Waals surface area contributed by atoms with Crippen molar-refractivity contribution in [3.05, 3.63) is 106 Å². The lowest BCUT2D eigenvalue weighted by Gasteiger charge is -2.29. The lowest BCUT2D eigenvalue weighted by Crippen LogP contribution is -2.43. The van der Waals surface area contributed by atoms with E-state index in [2.05, 4.69) is 9.97 Å². The average molecular weight is 946 g/mol. The standard InChI is InChI=1S/C25H24F3N3O6S.C18H19FN2O5S/c1-35-14-10-18(27)16(19(28)11-14)13-31-20-7-5-6-17(26)15(20)8-9-30(25(31)32)21-12-22(38(4,33)34)24(37-3)29-23(21)36-2;1-25-17-14(10-15(27(3,23)24)18(20-17)26-2)21-8-7-12-11(9-16(21)22)5-4-6-13(12)19/h5-7,10-12H,8-9,13H2,1-4H3;4-6,10H,7-9H2,1-3H3. The number of pyridine rings is 2. The number of methoxy groups -OCH3 is 5. The van der Waals surface area contributed by atoms with E-state index < -0.39 is 55.3 Å². The topological polar surface area (TPSA) is 184 Å². The molecular formula is C43H43F4N5O11S2. The van der Waals surface area contributed by atoms with Crippen LogP contribution in [0, 0.1) is 23.3 Å². The van der Waals surface area contributed by atoms with Gasteiger partial charge in [0.2, 0.25) is 29.4 Å². The molecule has 16 nitrogen and oxygen atoms in total. The van der Waals surface area contributed by atoms with Gasteiger partial charge in [-0.25, -0.2) is 39.2 Å². The summed E-state index contributed by atoms with van der Waals surface area (Å²) in [6.45, 7) is -0.553. The SMILES string of the molecule is COc1cc(F)c(CN2C(=O)N(c3cc(S(C)(=O)=O)c(OC)nc3OC)CCc3c(F)cccc32)c(F)c1.COc1nc(OC)c(S(C)(=O)=O)cc1N1CCc2c(F)cccc2CC1=O. The predicted molar refractivity (Wildman–Crippen MR) is 229 cm³/mol. The number of carbonyl (C=O) groups is 2. The number of hydrogen-bond donors (Lipinski definition) is 0. The second-order valence-corrected chi connectivity index (χ2v) is 18.5. The summed E-state index contributed by atoms with van der Waals surface area (Å²) >= 11 is 0. The van der Waals surface area contributed by atoms with Crippen LogP contribution in [0.15, 0.2) is 70.5 Å². The second-order valence-electron chi connectivity index (χ2n) is 14.5. The first-order chi connectivity index (χ1) is 30.7. The molecular weight excluding hydrogens is 903 g/mol. The second kappa shape index (κ2) is 19.2. The molecule has 346 valence electrons. The van der Waals surface area contributed by atoms with Crippen molar-refractivity contribution in [2.24, 2.45) is 0 Å². The van der Waals surface area contributed by atoms with Gasteiger partial charge in [-0.2, -0.15) is 9.97 Å². The number of aromatic nitrogens is 2. The number of ether oxygens (including phenoxy) is 5. The maximum atomic E-state index is 14.9. The average Bonchev–Trinajstić information content (AvgIpc) is 3.52. The molecule has 0 N–H and O–H groups in total. The number of anilines is 3. The van der Waals surface area contributed by atoms with E-state index >= 15 is 0 Å². The number of halogens is 4. The lowest BCUT2D eigenvalue weighted by molar-refractivity contribution is -0.117. The van der Waals surface area contributed by atoms with E-state index in [1.165, 1.54) is 70.8 Å². The summed E-state index contributed by atoms with van der Waals surface area (Å²) < 4.78 is 133. The molecule has 0 fully saturated rings. The highest BCUT2D eigenvalue weighted by Crippen LogP contribution is 2.39. The largest absolute Gasteiger partial charge is 0.497 e. The van der Waals surface area contributed by atoms with E-state index in [9.17, 15) is 44.0 Å². The van der Waals surface area contributed by atoms with Crippen molar-refractivity contribution in [3.63, 3.8) is 0 Å². The summed E-state index contributed by atoms with van der Waals surface area (Å²) in [6.07, 6.45) is 2.26. The van der Waals surface area contributed by atoms with Crippen molar-refractivity contribution in [1.29, 1.82) is 0 Å². The van der Waals surface area contributed by atoms with Crippen molar-refractivity contribution in [2.45, 2.75) is 35.6 Å². The molecule has 0 atom stereocenters. The van der Waals surface area contributed by atoms with Gasteiger partial charge in [-0.15, -0.1) is 0 Å². The Labute approximate surface area is 372 Å². The van der Waals surface area contributed by atoms with Crippen molar-refractivity contribution >= 4 is 48.7 Å². The molecule has 0 spiro atoms. The normalized spacial score (nSPS) is 14.0. The molecule has 3 aromatic carbocycles. The summed E-state index contributed by atoms with van der Waals surface area (Å²) in [5, 5.41) is 0. The Kier molecular flexibility index (Phi) is 14.1. The predicted octanol–water partition coefficient (Wildman–Crippen LogP) is 5.89. The molecule has 2 aromatic heterocycles. The summed E-state index contributed by atoms with van der Waals surface area (Å²) in [5.74, 6) is -3.72. The van der Waals surface area contributed by atoms with E-state index in [4.69, 9.17) is 23.7 Å². The Morgan fingerprint density at radius 3 is 1.57 bits per heavy atom. The van der Waals surface area contributed by atoms with Gasteiger partial charge in [-0.05, 0) is 54.3 Å². The number of hydrogen-bond acceptors (Lipinski definition) is 13. The van der Waals surface area contributed by atoms with E-state index in [0.717, 1.165) is 40.5 Å². The molecule has 2 aliphatic rings. The zero-order valence-electron chi connectivity index (χ0n) is 36.1. The minimum atomic E-state index is -3.86. The molecule has 65 heavy (non-hydrogen) atoms. The molecule has 22 heteroatoms. The lowest BCUT2D eigenvalue weighted by atomic mass is 10.0. The minimum absolute atomic E-state index is 0.00121. The van der Waals surface area contributed by atoms with Crippen LogP contribution >= 0.6 is 0 Å². The highest BCUT2D eigenvalue weighted by atomic mass is 32.2. The summed E-state index contributed by atoms with van der Waals surface area (Å²) in [6, 6.07) is 12.3. The van der Waals surface area contributed by atoms with E-state index in [1.807, 2.05) is 0 Å². The van der Waals surface area contributed by atoms with Gasteiger partial charge in [-0.1, -0.05) is 18.2 Å². The van der Waals surface area contributed by atoms with Crippen molar-refractivity contribution in [3.8, 4) is 29.3 Å². The van der Waals surface area contributed by atoms with Crippen molar-refractivity contribution < 1.29 is 67.7 Å². The van der Waals surface area contributed by atoms with Crippen LogP contribution in [0.1, 0.15) is 22.3 Å². The highest BCUT2D eigenvalue weighted by molar-refractivity contribution is 7.91. The summed E-state index contributed by atoms with van der Waals surface area (Å²) in [4.78, 5) is 38.0. The van der Waals surface area contributed by atoms with Gasteiger partial charge in [0.05, 0.1) is 54.2 Å². The van der Waals surface area contributed by atoms with Gasteiger partial charge in [0.1, 0.15) is 50.2 Å². The number of nitrogens with zero attached hydrogens (tertiary/aromatic N) is 5. The van der Waals surface area contributed by atoms with Crippen LogP contribution in [-0.4, -0.2) is 99.9 Å². The van der Waals surface area contributed by atoms with Gasteiger partial charge in [0.25, 0.3) is 0 Å². The molecule has 7 rings (SSSR count). The molecule has 0 aliphatic carbocycles. The first-order valence-corrected chi connectivity index (χ1v) is 23.2. The van der Waals surface area contributed by atoms with Crippen LogP contribution < -0.4 is 38.4 Å². The third-order valence-corrected chi connectivity index (χ3v) is 12.7. The molecule has 4 heterocycles. The Morgan fingerprint density at radius 2 is 1.06 bits per heavy atom. The zero-order chi connectivity index (χ0) is 47.5. The minimum Gasteiger partial charge on any atom is -0.497 e. The van der Waals surface area contributed by atoms with Gasteiger partial charge in [-0.3, -0.25) is 14.6 Å². The van der Waals surface area contributed by atoms with Gasteiger partial charge in [0.15, 0.2) is 19.7 Å². The number of fused-ring (bicyclic) bond motifs is 2. The molecule has 0 bridgehead atoms. The fraction of sp³-hybridized carbons (Fsp3) is 0.302. The van der Waals surface area contributed by atoms with Crippen LogP contribution in [0.4, 0.5) is 39.4 Å². The van der Waals surface area contributed by atoms with Crippen LogP contribution in [0.3, 0.4) is 0 Å². The zero-order valence-corrected chi connectivity index (χ0v) is 37.7. The Hall–Kier alpha value is -6.68. The molecule has 0 unspecified atom stereocenters. The van der Waals surface area contributed by atoms with Gasteiger partial charge < -0.3 is 28.6 Å². The van der Waals surface area contributed by atoms with Crippen LogP contribution in [0.5, 0.6) is 29.3 Å². The summed E-state index contributed by atoms with van der Waals surface area (Å²) in [7, 11) is -1.11. The third kappa shape index (κ3) is 9.87. The Balaban J connectivity index is 0.000000228. The fourth-order valence-corrected chi connectivity index (χ4v) is 8.87. The fourth-order valence-electron chi connectivity index (χ4n) is 7.32. The quantitative estimate of drug-likeness (QED) is 0.143. The van der Waals surface area contributed by atoms with E-state index in [-0.39, 0.29) is 106 Å². The van der Waals surface area contributed by atoms with E-state index in [1.54, 1.807) is 12.1 Å². The monoisotopic (exact) mass is 945 g/mol. The molecule has 0 saturated heterocycles. The molecule has 2 aliphatic heterocycles. The van der Waals surface area contributed by atoms with Gasteiger partial charge >= 0.3 is 6.03 Å². The number of benzene rings is 3. The maximum Gasteiger partial charge on any atom is 0.329 e. The molecule has 5 aromatic rings. The highest BCUT2D eigenvalue weighted by Gasteiger charge is 2.35. The smallest absolute Gasteiger partial charge is 0.329 e. The number of carbonyl (C=O) groups excluding carboxylic acids is 2. The van der Waals surface area contributed by atoms with Crippen molar-refractivity contribution in [2.75, 3.05) is 75.8 Å². The molecule has 0 radical (unpaired) electrons. The number of sulfone groups is 2. The van der Waals surface area contributed by atoms with Crippen molar-refractivity contribution in [1.82, 2.24) is 9.97 Å². The Bertz CT molecular complexity index is 2880. The third-order valence-electron chi connectivity index (χ3n) is 10.5. The molecule has 3 amide bonds. The Morgan fingerprint density at radius 1 is 0.585 bits per heavy atom. The molecule has 0 saturated carbocycles. The maximum absolute atomic E-state index is 14.9. The number of rotatable bonds is 11. The number of amides is 3. The van der Waals surface area contributed by atoms with Crippen LogP contribution in [0.2, 0.25) is 0 Å².